The Morgan fingerprint density at radius 3 is 2.33 bits per heavy atom. The molecular formula is C8H17N3O. The Morgan fingerprint density at radius 1 is 1.50 bits per heavy atom. The first-order chi connectivity index (χ1) is 5.52. The van der Waals surface area contributed by atoms with Crippen LogP contribution in [-0.2, 0) is 4.79 Å². The van der Waals surface area contributed by atoms with Gasteiger partial charge in [-0.15, -0.1) is 0 Å². The maximum atomic E-state index is 10.9. The molecule has 1 heterocycles. The van der Waals surface area contributed by atoms with E-state index >= 15 is 0 Å². The first kappa shape index (κ1) is 9.48. The highest BCUT2D eigenvalue weighted by Gasteiger charge is 2.34. The molecule has 0 spiro atoms. The summed E-state index contributed by atoms with van der Waals surface area (Å²) in [4.78, 5) is 13.1. The van der Waals surface area contributed by atoms with Crippen LogP contribution in [0.15, 0.2) is 0 Å². The highest BCUT2D eigenvalue weighted by atomic mass is 16.1. The molecule has 2 unspecified atom stereocenters. The molecule has 0 radical (unpaired) electrons. The van der Waals surface area contributed by atoms with Crippen LogP contribution in [0.2, 0.25) is 0 Å². The van der Waals surface area contributed by atoms with Crippen molar-refractivity contribution in [1.82, 2.24) is 4.90 Å². The minimum absolute atomic E-state index is 0.0788. The number of rotatable bonds is 2. The molecule has 12 heavy (non-hydrogen) atoms. The van der Waals surface area contributed by atoms with Crippen LogP contribution in [0.1, 0.15) is 13.8 Å². The van der Waals surface area contributed by atoms with Crippen LogP contribution in [0.25, 0.3) is 0 Å². The predicted molar refractivity (Wildman–Crippen MR) is 47.4 cm³/mol. The Bertz CT molecular complexity index is 181. The average molecular weight is 171 g/mol. The van der Waals surface area contributed by atoms with Gasteiger partial charge in [-0.05, 0) is 13.8 Å². The van der Waals surface area contributed by atoms with Crippen LogP contribution in [0.3, 0.4) is 0 Å². The molecule has 70 valence electrons. The number of primary amides is 1. The van der Waals surface area contributed by atoms with Crippen LogP contribution < -0.4 is 11.5 Å². The van der Waals surface area contributed by atoms with Gasteiger partial charge in [0.1, 0.15) is 0 Å². The lowest BCUT2D eigenvalue weighted by atomic mass is 10.0. The zero-order chi connectivity index (χ0) is 9.30. The second-order valence-corrected chi connectivity index (χ2v) is 3.72. The lowest BCUT2D eigenvalue weighted by molar-refractivity contribution is -0.121. The van der Waals surface area contributed by atoms with Gasteiger partial charge in [0.15, 0.2) is 0 Å². The Kier molecular flexibility index (Phi) is 2.69. The van der Waals surface area contributed by atoms with Gasteiger partial charge < -0.3 is 11.5 Å². The van der Waals surface area contributed by atoms with Gasteiger partial charge in [-0.1, -0.05) is 0 Å². The third-order valence-electron chi connectivity index (χ3n) is 2.49. The third kappa shape index (κ3) is 1.76. The number of hydrogen-bond acceptors (Lipinski definition) is 3. The van der Waals surface area contributed by atoms with E-state index in [1.54, 1.807) is 0 Å². The molecule has 1 saturated heterocycles. The van der Waals surface area contributed by atoms with Gasteiger partial charge in [-0.3, -0.25) is 9.69 Å². The first-order valence-corrected chi connectivity index (χ1v) is 4.31. The summed E-state index contributed by atoms with van der Waals surface area (Å²) in [7, 11) is 0. The van der Waals surface area contributed by atoms with E-state index in [1.165, 1.54) is 0 Å². The summed E-state index contributed by atoms with van der Waals surface area (Å²) in [5.41, 5.74) is 11.0. The summed E-state index contributed by atoms with van der Waals surface area (Å²) in [5, 5.41) is 0. The Labute approximate surface area is 72.9 Å². The second kappa shape index (κ2) is 3.41. The quantitative estimate of drug-likeness (QED) is 0.568. The van der Waals surface area contributed by atoms with E-state index in [1.807, 2.05) is 0 Å². The van der Waals surface area contributed by atoms with Gasteiger partial charge >= 0.3 is 0 Å². The largest absolute Gasteiger partial charge is 0.369 e. The fourth-order valence-corrected chi connectivity index (χ4v) is 1.58. The monoisotopic (exact) mass is 171 g/mol. The molecule has 1 fully saturated rings. The van der Waals surface area contributed by atoms with E-state index in [9.17, 15) is 4.79 Å². The molecular weight excluding hydrogens is 154 g/mol. The van der Waals surface area contributed by atoms with Crippen LogP contribution in [0, 0.1) is 5.92 Å². The van der Waals surface area contributed by atoms with E-state index in [4.69, 9.17) is 11.5 Å². The number of carbonyl (C=O) groups is 1. The lowest BCUT2D eigenvalue weighted by Crippen LogP contribution is -2.37. The molecule has 0 aromatic heterocycles. The van der Waals surface area contributed by atoms with Crippen LogP contribution >= 0.6 is 0 Å². The van der Waals surface area contributed by atoms with E-state index < -0.39 is 0 Å². The number of carbonyl (C=O) groups excluding carboxylic acids is 1. The van der Waals surface area contributed by atoms with E-state index in [0.29, 0.717) is 12.6 Å². The Balaban J connectivity index is 2.56. The number of likely N-dealkylation sites (tertiary alicyclic amines) is 1. The minimum Gasteiger partial charge on any atom is -0.369 e. The van der Waals surface area contributed by atoms with Gasteiger partial charge in [0, 0.05) is 25.2 Å². The van der Waals surface area contributed by atoms with Gasteiger partial charge in [0.05, 0.1) is 5.92 Å². The number of nitrogens with zero attached hydrogens (tertiary/aromatic N) is 1. The smallest absolute Gasteiger partial charge is 0.223 e. The Morgan fingerprint density at radius 2 is 2.08 bits per heavy atom. The number of nitrogens with two attached hydrogens (primary N) is 2. The predicted octanol–water partition coefficient (Wildman–Crippen LogP) is -0.861. The van der Waals surface area contributed by atoms with E-state index in [2.05, 4.69) is 18.7 Å². The molecule has 4 nitrogen and oxygen atoms in total. The maximum Gasteiger partial charge on any atom is 0.223 e. The molecule has 4 heteroatoms. The molecule has 1 rings (SSSR count). The van der Waals surface area contributed by atoms with Gasteiger partial charge in [-0.25, -0.2) is 0 Å². The third-order valence-corrected chi connectivity index (χ3v) is 2.49. The fourth-order valence-electron chi connectivity index (χ4n) is 1.58. The zero-order valence-corrected chi connectivity index (χ0v) is 7.66. The highest BCUT2D eigenvalue weighted by molar-refractivity contribution is 5.78. The van der Waals surface area contributed by atoms with Gasteiger partial charge in [-0.2, -0.15) is 0 Å². The maximum absolute atomic E-state index is 10.9. The molecule has 0 aromatic rings. The molecule has 1 aliphatic heterocycles. The molecule has 0 aliphatic carbocycles. The summed E-state index contributed by atoms with van der Waals surface area (Å²) in [6, 6.07) is 0.366. The van der Waals surface area contributed by atoms with Crippen molar-refractivity contribution in [2.24, 2.45) is 17.4 Å². The standard InChI is InChI=1S/C8H17N3O/c1-5(2)11-3-6(8(10)12)7(9)4-11/h5-7H,3-4,9H2,1-2H3,(H2,10,12). The van der Waals surface area contributed by atoms with Crippen molar-refractivity contribution in [3.8, 4) is 0 Å². The minimum atomic E-state index is -0.273. The van der Waals surface area contributed by atoms with Crippen molar-refractivity contribution in [1.29, 1.82) is 0 Å². The molecule has 2 atom stereocenters. The highest BCUT2D eigenvalue weighted by Crippen LogP contribution is 2.16. The molecule has 0 aromatic carbocycles. The number of amides is 1. The van der Waals surface area contributed by atoms with Gasteiger partial charge in [0.25, 0.3) is 0 Å². The van der Waals surface area contributed by atoms with Gasteiger partial charge in [0.2, 0.25) is 5.91 Å². The van der Waals surface area contributed by atoms with Crippen molar-refractivity contribution in [2.75, 3.05) is 13.1 Å². The van der Waals surface area contributed by atoms with Crippen LogP contribution in [-0.4, -0.2) is 36.0 Å². The van der Waals surface area contributed by atoms with E-state index in [0.717, 1.165) is 6.54 Å². The van der Waals surface area contributed by atoms with Crippen molar-refractivity contribution in [2.45, 2.75) is 25.9 Å². The lowest BCUT2D eigenvalue weighted by Gasteiger charge is -2.19. The number of hydrogen-bond donors (Lipinski definition) is 2. The fraction of sp³-hybridized carbons (Fsp3) is 0.875. The SMILES string of the molecule is CC(C)N1CC(N)C(C(N)=O)C1. The molecule has 1 amide bonds. The normalized spacial score (nSPS) is 31.3. The van der Waals surface area contributed by atoms with Crippen molar-refractivity contribution >= 4 is 5.91 Å². The van der Waals surface area contributed by atoms with Crippen LogP contribution in [0.4, 0.5) is 0 Å². The summed E-state index contributed by atoms with van der Waals surface area (Å²) in [6.07, 6.45) is 0. The van der Waals surface area contributed by atoms with E-state index in [-0.39, 0.29) is 17.9 Å². The second-order valence-electron chi connectivity index (χ2n) is 3.72. The van der Waals surface area contributed by atoms with Crippen molar-refractivity contribution in [3.05, 3.63) is 0 Å². The summed E-state index contributed by atoms with van der Waals surface area (Å²) in [6.45, 7) is 5.69. The topological polar surface area (TPSA) is 72.3 Å². The average Bonchev–Trinajstić information content (AvgIpc) is 2.30. The molecule has 1 aliphatic rings. The summed E-state index contributed by atoms with van der Waals surface area (Å²) < 4.78 is 0. The molecule has 4 N–H and O–H groups in total. The first-order valence-electron chi connectivity index (χ1n) is 4.31. The zero-order valence-electron chi connectivity index (χ0n) is 7.66. The Hall–Kier alpha value is -0.610. The van der Waals surface area contributed by atoms with Crippen molar-refractivity contribution in [3.63, 3.8) is 0 Å². The molecule has 0 bridgehead atoms. The molecule has 0 saturated carbocycles. The summed E-state index contributed by atoms with van der Waals surface area (Å²) in [5.74, 6) is -0.432. The summed E-state index contributed by atoms with van der Waals surface area (Å²) >= 11 is 0. The van der Waals surface area contributed by atoms with Crippen molar-refractivity contribution < 1.29 is 4.79 Å². The van der Waals surface area contributed by atoms with Crippen LogP contribution in [0.5, 0.6) is 0 Å².